The number of ether oxygens (including phenoxy) is 1. The van der Waals surface area contributed by atoms with Gasteiger partial charge in [0.1, 0.15) is 0 Å². The van der Waals surface area contributed by atoms with Gasteiger partial charge < -0.3 is 19.4 Å². The molecule has 3 aliphatic heterocycles. The first kappa shape index (κ1) is 28.6. The third-order valence-corrected chi connectivity index (χ3v) is 7.42. The van der Waals surface area contributed by atoms with Crippen LogP contribution in [-0.2, 0) is 16.1 Å². The zero-order valence-electron chi connectivity index (χ0n) is 20.5. The molecule has 38 heavy (non-hydrogen) atoms. The monoisotopic (exact) mass is 570 g/mol. The van der Waals surface area contributed by atoms with E-state index in [9.17, 15) is 35.9 Å². The van der Waals surface area contributed by atoms with Gasteiger partial charge in [-0.05, 0) is 37.0 Å². The van der Waals surface area contributed by atoms with Gasteiger partial charge in [0.15, 0.2) is 0 Å². The lowest BCUT2D eigenvalue weighted by Crippen LogP contribution is -2.52. The van der Waals surface area contributed by atoms with E-state index in [4.69, 9.17) is 11.6 Å². The van der Waals surface area contributed by atoms with E-state index in [0.29, 0.717) is 24.5 Å². The molecule has 0 unspecified atom stereocenters. The molecule has 0 saturated carbocycles. The second kappa shape index (κ2) is 11.4. The van der Waals surface area contributed by atoms with E-state index >= 15 is 0 Å². The van der Waals surface area contributed by atoms with Crippen molar-refractivity contribution in [3.05, 3.63) is 28.8 Å². The second-order valence-electron chi connectivity index (χ2n) is 9.82. The zero-order chi connectivity index (χ0) is 27.7. The van der Waals surface area contributed by atoms with Gasteiger partial charge in [0.05, 0.1) is 6.04 Å². The van der Waals surface area contributed by atoms with Gasteiger partial charge in [-0.1, -0.05) is 17.7 Å². The number of likely N-dealkylation sites (tertiary alicyclic amines) is 1. The fraction of sp³-hybridized carbons (Fsp3) is 0.667. The highest BCUT2D eigenvalue weighted by atomic mass is 35.5. The van der Waals surface area contributed by atoms with Crippen LogP contribution in [0.2, 0.25) is 5.02 Å². The number of halogens is 7. The van der Waals surface area contributed by atoms with Gasteiger partial charge in [-0.15, -0.1) is 0 Å². The van der Waals surface area contributed by atoms with Gasteiger partial charge in [0.2, 0.25) is 5.91 Å². The maximum absolute atomic E-state index is 12.7. The van der Waals surface area contributed by atoms with E-state index in [-0.39, 0.29) is 38.1 Å². The van der Waals surface area contributed by atoms with E-state index in [1.807, 2.05) is 21.9 Å². The van der Waals surface area contributed by atoms with Crippen molar-refractivity contribution in [2.45, 2.75) is 56.7 Å². The summed E-state index contributed by atoms with van der Waals surface area (Å²) < 4.78 is 80.2. The van der Waals surface area contributed by atoms with Crippen LogP contribution in [0.3, 0.4) is 0 Å². The van der Waals surface area contributed by atoms with Crippen LogP contribution in [0.1, 0.15) is 31.2 Å². The summed E-state index contributed by atoms with van der Waals surface area (Å²) in [6, 6.07) is 5.62. The van der Waals surface area contributed by atoms with Gasteiger partial charge in [-0.3, -0.25) is 9.69 Å². The molecule has 2 amide bonds. The highest BCUT2D eigenvalue weighted by molar-refractivity contribution is 6.30. The molecule has 0 aliphatic carbocycles. The Hall–Kier alpha value is -2.41. The Morgan fingerprint density at radius 3 is 2.32 bits per heavy atom. The first-order valence-corrected chi connectivity index (χ1v) is 12.8. The molecule has 7 nitrogen and oxygen atoms in total. The van der Waals surface area contributed by atoms with Gasteiger partial charge in [0, 0.05) is 69.5 Å². The summed E-state index contributed by atoms with van der Waals surface area (Å²) in [6.45, 7) is 2.97. The lowest BCUT2D eigenvalue weighted by atomic mass is 10.1. The molecule has 1 atom stereocenters. The average molecular weight is 571 g/mol. The number of alkyl halides is 6. The molecule has 14 heteroatoms. The molecule has 0 aromatic heterocycles. The van der Waals surface area contributed by atoms with E-state index in [2.05, 4.69) is 9.64 Å². The number of nitrogens with zero attached hydrogens (tertiary/aromatic N) is 4. The molecule has 3 saturated heterocycles. The molecule has 4 rings (SSSR count). The van der Waals surface area contributed by atoms with E-state index in [1.165, 1.54) is 0 Å². The summed E-state index contributed by atoms with van der Waals surface area (Å²) in [5.41, 5.74) is 1.87. The van der Waals surface area contributed by atoms with Crippen LogP contribution in [0, 0.1) is 0 Å². The normalized spacial score (nSPS) is 21.9. The van der Waals surface area contributed by atoms with Gasteiger partial charge in [-0.25, -0.2) is 4.79 Å². The maximum atomic E-state index is 12.7. The molecule has 0 radical (unpaired) electrons. The van der Waals surface area contributed by atoms with Gasteiger partial charge in [-0.2, -0.15) is 26.3 Å². The van der Waals surface area contributed by atoms with Crippen LogP contribution in [0.15, 0.2) is 18.2 Å². The minimum absolute atomic E-state index is 0.0763. The van der Waals surface area contributed by atoms with Crippen LogP contribution >= 0.6 is 11.6 Å². The fourth-order valence-corrected chi connectivity index (χ4v) is 5.38. The highest BCUT2D eigenvalue weighted by Crippen LogP contribution is 2.36. The number of carbonyl (C=O) groups is 2. The third kappa shape index (κ3) is 6.77. The zero-order valence-corrected chi connectivity index (χ0v) is 21.3. The van der Waals surface area contributed by atoms with Crippen molar-refractivity contribution in [1.29, 1.82) is 0 Å². The summed E-state index contributed by atoms with van der Waals surface area (Å²) in [5, 5.41) is 0.553. The molecular weight excluding hydrogens is 542 g/mol. The molecular formula is C24H29ClF6N4O3. The Bertz CT molecular complexity index is 1000. The average Bonchev–Trinajstić information content (AvgIpc) is 3.32. The van der Waals surface area contributed by atoms with Crippen molar-refractivity contribution in [3.63, 3.8) is 0 Å². The highest BCUT2D eigenvalue weighted by Gasteiger charge is 2.60. The van der Waals surface area contributed by atoms with Gasteiger partial charge in [0.25, 0.3) is 6.10 Å². The van der Waals surface area contributed by atoms with Crippen molar-refractivity contribution >= 4 is 29.3 Å². The topological polar surface area (TPSA) is 56.3 Å². The summed E-state index contributed by atoms with van der Waals surface area (Å²) in [6.07, 6.45) is -14.0. The summed E-state index contributed by atoms with van der Waals surface area (Å²) in [4.78, 5) is 31.4. The Labute approximate surface area is 221 Å². The second-order valence-corrected chi connectivity index (χ2v) is 10.3. The standard InChI is InChI=1S/C24H29ClF6N4O3/c25-17-5-4-16(19(13-17)34-8-6-18(15-34)35-7-2-1-3-20(35)36)14-32-9-11-33(12-10-32)22(37)38-21(23(26,27)28)24(29,30)31/h4-5,13,18,21H,1-3,6-12,14-15H2/t18-/m0/s1. The smallest absolute Gasteiger partial charge is 0.426 e. The number of piperidine rings is 1. The Morgan fingerprint density at radius 1 is 1.00 bits per heavy atom. The number of carbonyl (C=O) groups excluding carboxylic acids is 2. The van der Waals surface area contributed by atoms with Crippen molar-refractivity contribution in [1.82, 2.24) is 14.7 Å². The minimum Gasteiger partial charge on any atom is -0.426 e. The van der Waals surface area contributed by atoms with Crippen LogP contribution in [0.25, 0.3) is 0 Å². The fourth-order valence-electron chi connectivity index (χ4n) is 5.22. The number of hydrogen-bond donors (Lipinski definition) is 0. The molecule has 0 bridgehead atoms. The van der Waals surface area contributed by atoms with Crippen LogP contribution in [0.5, 0.6) is 0 Å². The largest absolute Gasteiger partial charge is 0.434 e. The molecule has 0 spiro atoms. The molecule has 0 N–H and O–H groups in total. The Balaban J connectivity index is 1.35. The predicted molar refractivity (Wildman–Crippen MR) is 127 cm³/mol. The SMILES string of the molecule is O=C(OC(C(F)(F)F)C(F)(F)F)N1CCN(Cc2ccc(Cl)cc2N2CC[C@H](N3CCCCC3=O)C2)CC1. The first-order valence-electron chi connectivity index (χ1n) is 12.5. The van der Waals surface area contributed by atoms with Crippen molar-refractivity contribution in [3.8, 4) is 0 Å². The minimum atomic E-state index is -5.75. The number of amides is 2. The van der Waals surface area contributed by atoms with Crippen LogP contribution in [-0.4, -0.2) is 97.0 Å². The first-order chi connectivity index (χ1) is 17.8. The molecule has 3 heterocycles. The number of benzene rings is 1. The van der Waals surface area contributed by atoms with E-state index in [0.717, 1.165) is 48.5 Å². The van der Waals surface area contributed by atoms with Crippen molar-refractivity contribution < 1.29 is 40.7 Å². The summed E-state index contributed by atoms with van der Waals surface area (Å²) in [5.74, 6) is 0.183. The molecule has 1 aromatic carbocycles. The van der Waals surface area contributed by atoms with E-state index in [1.54, 1.807) is 6.07 Å². The summed E-state index contributed by atoms with van der Waals surface area (Å²) >= 11 is 6.28. The van der Waals surface area contributed by atoms with Crippen molar-refractivity contribution in [2.75, 3.05) is 50.7 Å². The molecule has 3 aliphatic rings. The number of anilines is 1. The maximum Gasteiger partial charge on any atom is 0.434 e. The summed E-state index contributed by atoms with van der Waals surface area (Å²) in [7, 11) is 0. The Morgan fingerprint density at radius 2 is 1.68 bits per heavy atom. The third-order valence-electron chi connectivity index (χ3n) is 7.19. The molecule has 1 aromatic rings. The lowest BCUT2D eigenvalue weighted by Gasteiger charge is -2.36. The quantitative estimate of drug-likeness (QED) is 0.481. The number of hydrogen-bond acceptors (Lipinski definition) is 5. The number of rotatable bonds is 5. The van der Waals surface area contributed by atoms with Crippen LogP contribution < -0.4 is 4.90 Å². The predicted octanol–water partition coefficient (Wildman–Crippen LogP) is 4.68. The van der Waals surface area contributed by atoms with E-state index < -0.39 is 24.5 Å². The van der Waals surface area contributed by atoms with Gasteiger partial charge >= 0.3 is 18.4 Å². The Kier molecular flexibility index (Phi) is 8.55. The van der Waals surface area contributed by atoms with Crippen LogP contribution in [0.4, 0.5) is 36.8 Å². The molecule has 3 fully saturated rings. The molecule has 212 valence electrons. The lowest BCUT2D eigenvalue weighted by molar-refractivity contribution is -0.308. The number of piperazine rings is 1. The van der Waals surface area contributed by atoms with Crippen molar-refractivity contribution in [2.24, 2.45) is 0 Å².